The van der Waals surface area contributed by atoms with Gasteiger partial charge in [-0.05, 0) is 43.3 Å². The number of thioether (sulfide) groups is 1. The van der Waals surface area contributed by atoms with Crippen LogP contribution in [0.4, 0.5) is 0 Å². The smallest absolute Gasteiger partial charge is 0.250 e. The van der Waals surface area contributed by atoms with Gasteiger partial charge in [0.05, 0.1) is 18.6 Å². The molecule has 0 atom stereocenters. The maximum absolute atomic E-state index is 12.4. The molecule has 2 aromatic heterocycles. The maximum Gasteiger partial charge on any atom is 0.250 e. The fourth-order valence-electron chi connectivity index (χ4n) is 3.07. The van der Waals surface area contributed by atoms with Crippen molar-refractivity contribution in [2.24, 2.45) is 5.10 Å². The van der Waals surface area contributed by atoms with E-state index in [1.165, 1.54) is 11.8 Å². The summed E-state index contributed by atoms with van der Waals surface area (Å²) in [6.07, 6.45) is 4.99. The number of pyridine rings is 1. The van der Waals surface area contributed by atoms with Crippen LogP contribution < -0.4 is 10.2 Å². The van der Waals surface area contributed by atoms with Gasteiger partial charge in [-0.3, -0.25) is 14.3 Å². The standard InChI is InChI=1S/C24H22N6O2S/c1-2-32-21-11-7-6-8-19(21)16-26-27-22(31)17-33-24-29-28-23(18-12-14-25-15-13-18)30(24)20-9-4-3-5-10-20/h3-16H,2,17H2,1H3,(H,27,31)/b26-16-. The van der Waals surface area contributed by atoms with E-state index in [0.717, 1.165) is 16.8 Å². The van der Waals surface area contributed by atoms with Crippen molar-refractivity contribution < 1.29 is 9.53 Å². The van der Waals surface area contributed by atoms with Gasteiger partial charge >= 0.3 is 0 Å². The highest BCUT2D eigenvalue weighted by Gasteiger charge is 2.17. The molecule has 0 aliphatic rings. The highest BCUT2D eigenvalue weighted by molar-refractivity contribution is 7.99. The van der Waals surface area contributed by atoms with Crippen molar-refractivity contribution in [3.8, 4) is 22.8 Å². The van der Waals surface area contributed by atoms with Crippen molar-refractivity contribution >= 4 is 23.9 Å². The first-order valence-corrected chi connectivity index (χ1v) is 11.3. The SMILES string of the molecule is CCOc1ccccc1/C=N\NC(=O)CSc1nnc(-c2ccncc2)n1-c1ccccc1. The maximum atomic E-state index is 12.4. The van der Waals surface area contributed by atoms with Gasteiger partial charge < -0.3 is 4.74 Å². The molecule has 0 aliphatic carbocycles. The topological polar surface area (TPSA) is 94.3 Å². The first kappa shape index (κ1) is 22.2. The Morgan fingerprint density at radius 1 is 1.06 bits per heavy atom. The van der Waals surface area contributed by atoms with Crippen LogP contribution in [0.25, 0.3) is 17.1 Å². The molecular weight excluding hydrogens is 436 g/mol. The van der Waals surface area contributed by atoms with E-state index in [-0.39, 0.29) is 11.7 Å². The van der Waals surface area contributed by atoms with E-state index in [4.69, 9.17) is 4.74 Å². The molecule has 0 saturated carbocycles. The van der Waals surface area contributed by atoms with Crippen molar-refractivity contribution in [2.75, 3.05) is 12.4 Å². The van der Waals surface area contributed by atoms with Crippen LogP contribution in [0.15, 0.2) is 89.4 Å². The Bertz CT molecular complexity index is 1230. The van der Waals surface area contributed by atoms with Crippen LogP contribution in [0.1, 0.15) is 12.5 Å². The quantitative estimate of drug-likeness (QED) is 0.232. The molecule has 9 heteroatoms. The summed E-state index contributed by atoms with van der Waals surface area (Å²) < 4.78 is 7.49. The van der Waals surface area contributed by atoms with Gasteiger partial charge in [0.25, 0.3) is 5.91 Å². The summed E-state index contributed by atoms with van der Waals surface area (Å²) in [5.74, 6) is 1.27. The second-order valence-electron chi connectivity index (χ2n) is 6.77. The number of nitrogens with one attached hydrogen (secondary N) is 1. The molecule has 4 aromatic rings. The molecule has 0 fully saturated rings. The van der Waals surface area contributed by atoms with E-state index in [9.17, 15) is 4.79 Å². The second-order valence-corrected chi connectivity index (χ2v) is 7.71. The monoisotopic (exact) mass is 458 g/mol. The third kappa shape index (κ3) is 5.64. The van der Waals surface area contributed by atoms with E-state index >= 15 is 0 Å². The zero-order valence-corrected chi connectivity index (χ0v) is 18.8. The summed E-state index contributed by atoms with van der Waals surface area (Å²) in [5, 5.41) is 13.3. The highest BCUT2D eigenvalue weighted by atomic mass is 32.2. The van der Waals surface area contributed by atoms with E-state index in [1.807, 2.05) is 78.2 Å². The fraction of sp³-hybridized carbons (Fsp3) is 0.125. The van der Waals surface area contributed by atoms with Gasteiger partial charge in [0.2, 0.25) is 0 Å². The van der Waals surface area contributed by atoms with Crippen LogP contribution in [-0.2, 0) is 4.79 Å². The van der Waals surface area contributed by atoms with Gasteiger partial charge in [0.1, 0.15) is 5.75 Å². The lowest BCUT2D eigenvalue weighted by Crippen LogP contribution is -2.20. The number of hydrazone groups is 1. The van der Waals surface area contributed by atoms with Crippen LogP contribution in [0.2, 0.25) is 0 Å². The fourth-order valence-corrected chi connectivity index (χ4v) is 3.82. The largest absolute Gasteiger partial charge is 0.493 e. The zero-order valence-electron chi connectivity index (χ0n) is 18.0. The molecule has 0 bridgehead atoms. The molecule has 1 amide bonds. The number of carbonyl (C=O) groups excluding carboxylic acids is 1. The zero-order chi connectivity index (χ0) is 22.9. The molecule has 0 unspecified atom stereocenters. The van der Waals surface area contributed by atoms with Crippen LogP contribution in [0, 0.1) is 0 Å². The molecular formula is C24H22N6O2S. The number of carbonyl (C=O) groups is 1. The van der Waals surface area contributed by atoms with E-state index in [2.05, 4.69) is 25.7 Å². The lowest BCUT2D eigenvalue weighted by atomic mass is 10.2. The molecule has 8 nitrogen and oxygen atoms in total. The molecule has 166 valence electrons. The number of aromatic nitrogens is 4. The number of rotatable bonds is 9. The van der Waals surface area contributed by atoms with E-state index in [0.29, 0.717) is 23.3 Å². The number of hydrogen-bond acceptors (Lipinski definition) is 7. The van der Waals surface area contributed by atoms with Crippen LogP contribution in [0.3, 0.4) is 0 Å². The van der Waals surface area contributed by atoms with Gasteiger partial charge in [-0.15, -0.1) is 10.2 Å². The number of amides is 1. The van der Waals surface area contributed by atoms with Gasteiger partial charge in [0.15, 0.2) is 11.0 Å². The Hall–Kier alpha value is -3.98. The Kier molecular flexibility index (Phi) is 7.44. The van der Waals surface area contributed by atoms with Gasteiger partial charge in [-0.1, -0.05) is 42.1 Å². The number of benzene rings is 2. The van der Waals surface area contributed by atoms with Crippen molar-refractivity contribution in [1.82, 2.24) is 25.2 Å². The van der Waals surface area contributed by atoms with Crippen LogP contribution in [0.5, 0.6) is 5.75 Å². The minimum Gasteiger partial charge on any atom is -0.493 e. The molecule has 0 aliphatic heterocycles. The lowest BCUT2D eigenvalue weighted by Gasteiger charge is -2.10. The number of ether oxygens (including phenoxy) is 1. The molecule has 0 radical (unpaired) electrons. The molecule has 1 N–H and O–H groups in total. The Morgan fingerprint density at radius 2 is 1.82 bits per heavy atom. The molecule has 0 spiro atoms. The van der Waals surface area contributed by atoms with Crippen LogP contribution >= 0.6 is 11.8 Å². The van der Waals surface area contributed by atoms with Gasteiger partial charge in [-0.25, -0.2) is 5.43 Å². The summed E-state index contributed by atoms with van der Waals surface area (Å²) in [7, 11) is 0. The molecule has 2 aromatic carbocycles. The molecule has 2 heterocycles. The van der Waals surface area contributed by atoms with Crippen molar-refractivity contribution in [3.63, 3.8) is 0 Å². The number of hydrogen-bond donors (Lipinski definition) is 1. The Labute approximate surface area is 195 Å². The van der Waals surface area contributed by atoms with Crippen LogP contribution in [-0.4, -0.2) is 44.2 Å². The second kappa shape index (κ2) is 11.1. The first-order chi connectivity index (χ1) is 16.3. The summed E-state index contributed by atoms with van der Waals surface area (Å²) in [4.78, 5) is 16.5. The minimum atomic E-state index is -0.252. The number of para-hydroxylation sites is 2. The lowest BCUT2D eigenvalue weighted by molar-refractivity contribution is -0.118. The van der Waals surface area contributed by atoms with E-state index in [1.54, 1.807) is 18.6 Å². The Morgan fingerprint density at radius 3 is 2.61 bits per heavy atom. The van der Waals surface area contributed by atoms with Crippen molar-refractivity contribution in [3.05, 3.63) is 84.7 Å². The third-order valence-corrected chi connectivity index (χ3v) is 5.46. The van der Waals surface area contributed by atoms with E-state index < -0.39 is 0 Å². The molecule has 0 saturated heterocycles. The molecule has 33 heavy (non-hydrogen) atoms. The average molecular weight is 459 g/mol. The predicted octanol–water partition coefficient (Wildman–Crippen LogP) is 3.97. The average Bonchev–Trinajstić information content (AvgIpc) is 3.29. The highest BCUT2D eigenvalue weighted by Crippen LogP contribution is 2.27. The summed E-state index contributed by atoms with van der Waals surface area (Å²) in [6, 6.07) is 21.0. The predicted molar refractivity (Wildman–Crippen MR) is 129 cm³/mol. The summed E-state index contributed by atoms with van der Waals surface area (Å²) in [6.45, 7) is 2.47. The normalized spacial score (nSPS) is 10.9. The van der Waals surface area contributed by atoms with Gasteiger partial charge in [-0.2, -0.15) is 5.10 Å². The van der Waals surface area contributed by atoms with Gasteiger partial charge in [0, 0.05) is 29.2 Å². The summed E-state index contributed by atoms with van der Waals surface area (Å²) >= 11 is 1.29. The minimum absolute atomic E-state index is 0.131. The van der Waals surface area contributed by atoms with Crippen molar-refractivity contribution in [1.29, 1.82) is 0 Å². The third-order valence-electron chi connectivity index (χ3n) is 4.53. The van der Waals surface area contributed by atoms with Crippen molar-refractivity contribution in [2.45, 2.75) is 12.1 Å². The first-order valence-electron chi connectivity index (χ1n) is 10.3. The number of nitrogens with zero attached hydrogens (tertiary/aromatic N) is 5. The summed E-state index contributed by atoms with van der Waals surface area (Å²) in [5.41, 5.74) is 5.14. The molecule has 4 rings (SSSR count). The Balaban J connectivity index is 1.46.